The molecule has 1 unspecified atom stereocenters. The van der Waals surface area contributed by atoms with Gasteiger partial charge in [-0.25, -0.2) is 9.59 Å². The molecule has 2 aliphatic rings. The topological polar surface area (TPSA) is 183 Å². The second kappa shape index (κ2) is 12.6. The van der Waals surface area contributed by atoms with Crippen molar-refractivity contribution in [1.82, 2.24) is 15.5 Å². The first kappa shape index (κ1) is 31.5. The van der Waals surface area contributed by atoms with E-state index in [1.54, 1.807) is 56.3 Å². The first-order valence-corrected chi connectivity index (χ1v) is 14.8. The van der Waals surface area contributed by atoms with Gasteiger partial charge in [0, 0.05) is 12.1 Å². The van der Waals surface area contributed by atoms with E-state index in [9.17, 15) is 29.3 Å². The Morgan fingerprint density at radius 3 is 2.16 bits per heavy atom. The number of nitro benzene ring substituents is 1. The second-order valence-corrected chi connectivity index (χ2v) is 12.8. The van der Waals surface area contributed by atoms with E-state index >= 15 is 0 Å². The molecule has 2 heterocycles. The summed E-state index contributed by atoms with van der Waals surface area (Å²) in [5.74, 6) is -1.99. The minimum atomic E-state index is -1.78. The quantitative estimate of drug-likeness (QED) is 0.130. The van der Waals surface area contributed by atoms with Gasteiger partial charge in [-0.15, -0.1) is 11.8 Å². The number of alkyl carbamates (subject to hydrolysis) is 1. The molecule has 5 rings (SSSR count). The minimum Gasteiger partial charge on any atom is -0.458 e. The minimum absolute atomic E-state index is 0.0169. The Balaban J connectivity index is 1.25. The zero-order chi connectivity index (χ0) is 32.4. The van der Waals surface area contributed by atoms with E-state index in [2.05, 4.69) is 10.6 Å². The number of nitro groups is 1. The van der Waals surface area contributed by atoms with Gasteiger partial charge in [0.05, 0.1) is 9.67 Å². The van der Waals surface area contributed by atoms with E-state index in [4.69, 9.17) is 15.2 Å². The first-order chi connectivity index (χ1) is 21.4. The van der Waals surface area contributed by atoms with Gasteiger partial charge < -0.3 is 20.1 Å². The molecule has 14 heteroatoms. The van der Waals surface area contributed by atoms with Crippen LogP contribution in [0, 0.1) is 10.1 Å². The average molecular weight is 634 g/mol. The zero-order valence-corrected chi connectivity index (χ0v) is 25.2. The number of fused-ring (bicyclic) bond motifs is 1. The highest BCUT2D eigenvalue weighted by Crippen LogP contribution is 2.55. The Morgan fingerprint density at radius 2 is 1.53 bits per heavy atom. The fourth-order valence-electron chi connectivity index (χ4n) is 5.16. The Labute approximate surface area is 262 Å². The van der Waals surface area contributed by atoms with E-state index in [-0.39, 0.29) is 18.9 Å². The van der Waals surface area contributed by atoms with Crippen molar-refractivity contribution in [2.24, 2.45) is 5.73 Å². The number of β-lactam (4-membered cyclic amide) rings is 1. The van der Waals surface area contributed by atoms with Crippen LogP contribution >= 0.6 is 11.8 Å². The number of ether oxygens (including phenoxy) is 2. The molecule has 234 valence electrons. The standard InChI is InChI=1S/C31H31N5O8S/c1-30(2)31(32,28(39)43-17-19-9-5-3-6-10-19)35-26(38)24(27(35)45-30)33-25(37)23(21-11-7-4-8-12-21)34-29(40)44-18-20-13-15-22(16-14-20)36(41)42/h3-16,23-24,27H,17-18,32H2,1-2H3,(H,33,37)(H,34,40)/t23?,24-,27+,31-/m0/s1. The highest BCUT2D eigenvalue weighted by Gasteiger charge is 2.72. The molecule has 0 aliphatic carbocycles. The maximum atomic E-state index is 13.6. The van der Waals surface area contributed by atoms with Crippen LogP contribution in [-0.2, 0) is 37.1 Å². The third-order valence-corrected chi connectivity index (χ3v) is 9.38. The summed E-state index contributed by atoms with van der Waals surface area (Å²) in [4.78, 5) is 64.6. The summed E-state index contributed by atoms with van der Waals surface area (Å²) < 4.78 is 9.83. The third kappa shape index (κ3) is 6.19. The zero-order valence-electron chi connectivity index (χ0n) is 24.4. The molecule has 13 nitrogen and oxygen atoms in total. The van der Waals surface area contributed by atoms with E-state index in [0.717, 1.165) is 5.56 Å². The van der Waals surface area contributed by atoms with Crippen molar-refractivity contribution in [3.8, 4) is 0 Å². The van der Waals surface area contributed by atoms with Crippen molar-refractivity contribution in [2.75, 3.05) is 0 Å². The van der Waals surface area contributed by atoms with Crippen molar-refractivity contribution < 1.29 is 33.6 Å². The number of non-ortho nitro benzene ring substituents is 1. The number of amides is 3. The van der Waals surface area contributed by atoms with Gasteiger partial charge in [0.2, 0.25) is 11.6 Å². The highest BCUT2D eigenvalue weighted by molar-refractivity contribution is 8.01. The van der Waals surface area contributed by atoms with Crippen molar-refractivity contribution in [2.45, 2.75) is 54.9 Å². The summed E-state index contributed by atoms with van der Waals surface area (Å²) in [6.45, 7) is 3.26. The molecular weight excluding hydrogens is 602 g/mol. The molecule has 2 fully saturated rings. The summed E-state index contributed by atoms with van der Waals surface area (Å²) >= 11 is 1.27. The van der Waals surface area contributed by atoms with Gasteiger partial charge in [-0.2, -0.15) is 0 Å². The summed E-state index contributed by atoms with van der Waals surface area (Å²) in [5, 5.41) is 15.5. The monoisotopic (exact) mass is 633 g/mol. The van der Waals surface area contributed by atoms with E-state index < -0.39 is 56.7 Å². The van der Waals surface area contributed by atoms with Crippen LogP contribution in [0.4, 0.5) is 10.5 Å². The molecule has 3 aromatic carbocycles. The number of nitrogens with two attached hydrogens (primary N) is 1. The van der Waals surface area contributed by atoms with Crippen LogP contribution in [0.5, 0.6) is 0 Å². The number of esters is 1. The number of rotatable bonds is 10. The molecule has 0 aromatic heterocycles. The van der Waals surface area contributed by atoms with Crippen molar-refractivity contribution >= 4 is 41.3 Å². The van der Waals surface area contributed by atoms with Crippen molar-refractivity contribution in [1.29, 1.82) is 0 Å². The van der Waals surface area contributed by atoms with Crippen LogP contribution in [0.3, 0.4) is 0 Å². The second-order valence-electron chi connectivity index (χ2n) is 11.0. The SMILES string of the molecule is CC1(C)S[C@@H]2[C@@H](NC(=O)C(NC(=O)OCc3ccc([N+](=O)[O-])cc3)c3ccccc3)C(=O)N2[C@@]1(N)C(=O)OCc1ccccc1. The molecule has 4 N–H and O–H groups in total. The normalized spacial score (nSPS) is 21.9. The fraction of sp³-hybridized carbons (Fsp3) is 0.290. The van der Waals surface area contributed by atoms with E-state index in [1.807, 2.05) is 18.2 Å². The molecule has 2 aliphatic heterocycles. The van der Waals surface area contributed by atoms with Crippen LogP contribution in [-0.4, -0.2) is 55.5 Å². The van der Waals surface area contributed by atoms with Crippen molar-refractivity contribution in [3.63, 3.8) is 0 Å². The summed E-state index contributed by atoms with van der Waals surface area (Å²) in [7, 11) is 0. The highest BCUT2D eigenvalue weighted by atomic mass is 32.2. The average Bonchev–Trinajstić information content (AvgIpc) is 3.24. The Bertz CT molecular complexity index is 1610. The van der Waals surface area contributed by atoms with Gasteiger partial charge in [0.15, 0.2) is 0 Å². The van der Waals surface area contributed by atoms with Crippen LogP contribution in [0.1, 0.15) is 36.6 Å². The maximum absolute atomic E-state index is 13.6. The van der Waals surface area contributed by atoms with Gasteiger partial charge in [-0.3, -0.25) is 30.3 Å². The lowest BCUT2D eigenvalue weighted by molar-refractivity contribution is -0.384. The molecule has 0 bridgehead atoms. The van der Waals surface area contributed by atoms with E-state index in [0.29, 0.717) is 11.1 Å². The van der Waals surface area contributed by atoms with Crippen LogP contribution in [0.2, 0.25) is 0 Å². The number of hydrogen-bond acceptors (Lipinski definition) is 10. The first-order valence-electron chi connectivity index (χ1n) is 14.0. The molecule has 4 atom stereocenters. The summed E-state index contributed by atoms with van der Waals surface area (Å²) in [6.07, 6.45) is -0.919. The lowest BCUT2D eigenvalue weighted by Crippen LogP contribution is -2.79. The number of hydrogen-bond donors (Lipinski definition) is 3. The van der Waals surface area contributed by atoms with Crippen molar-refractivity contribution in [3.05, 3.63) is 112 Å². The lowest BCUT2D eigenvalue weighted by atomic mass is 9.89. The Kier molecular flexibility index (Phi) is 8.80. The molecule has 0 saturated carbocycles. The Morgan fingerprint density at radius 1 is 0.956 bits per heavy atom. The number of thioether (sulfide) groups is 1. The fourth-order valence-corrected chi connectivity index (χ4v) is 6.82. The van der Waals surface area contributed by atoms with E-state index in [1.165, 1.54) is 40.9 Å². The van der Waals surface area contributed by atoms with Crippen LogP contribution < -0.4 is 16.4 Å². The Hall–Kier alpha value is -4.95. The van der Waals surface area contributed by atoms with Crippen LogP contribution in [0.25, 0.3) is 0 Å². The molecular formula is C31H31N5O8S. The molecule has 3 aromatic rings. The molecule has 2 saturated heterocycles. The number of benzene rings is 3. The summed E-state index contributed by atoms with van der Waals surface area (Å²) in [6, 6.07) is 20.7. The number of nitrogens with zero attached hydrogens (tertiary/aromatic N) is 2. The number of carbonyl (C=O) groups is 4. The van der Waals surface area contributed by atoms with Crippen LogP contribution in [0.15, 0.2) is 84.9 Å². The molecule has 0 radical (unpaired) electrons. The number of carbonyl (C=O) groups excluding carboxylic acids is 4. The largest absolute Gasteiger partial charge is 0.458 e. The smallest absolute Gasteiger partial charge is 0.408 e. The van der Waals surface area contributed by atoms with Gasteiger partial charge in [-0.1, -0.05) is 60.7 Å². The summed E-state index contributed by atoms with van der Waals surface area (Å²) in [5.41, 5.74) is 6.44. The maximum Gasteiger partial charge on any atom is 0.408 e. The molecule has 0 spiro atoms. The van der Waals surface area contributed by atoms with Gasteiger partial charge >= 0.3 is 12.1 Å². The van der Waals surface area contributed by atoms with Gasteiger partial charge in [-0.05, 0) is 42.7 Å². The van der Waals surface area contributed by atoms with Gasteiger partial charge in [0.1, 0.15) is 30.7 Å². The molecule has 45 heavy (non-hydrogen) atoms. The van der Waals surface area contributed by atoms with Gasteiger partial charge in [0.25, 0.3) is 11.6 Å². The predicted octanol–water partition coefficient (Wildman–Crippen LogP) is 3.14. The molecule has 3 amide bonds. The predicted molar refractivity (Wildman–Crippen MR) is 163 cm³/mol. The third-order valence-electron chi connectivity index (χ3n) is 7.75. The lowest BCUT2D eigenvalue weighted by Gasteiger charge is -2.48. The number of nitrogens with one attached hydrogen (secondary N) is 2.